The summed E-state index contributed by atoms with van der Waals surface area (Å²) in [5.41, 5.74) is 1.19. The molecule has 25 heavy (non-hydrogen) atoms. The zero-order valence-corrected chi connectivity index (χ0v) is 15.8. The summed E-state index contributed by atoms with van der Waals surface area (Å²) in [6.45, 7) is 13.8. The van der Waals surface area contributed by atoms with Gasteiger partial charge in [0.15, 0.2) is 0 Å². The first-order chi connectivity index (χ1) is 12.0. The SMILES string of the molecule is CC(=O)N1CCN(C2CN(CCOc3ccccc3C)CC2C)CC1. The molecule has 2 saturated heterocycles. The average molecular weight is 345 g/mol. The van der Waals surface area contributed by atoms with Crippen molar-refractivity contribution < 1.29 is 9.53 Å². The number of aryl methyl sites for hydroxylation is 1. The summed E-state index contributed by atoms with van der Waals surface area (Å²) in [5, 5.41) is 0. The van der Waals surface area contributed by atoms with Gasteiger partial charge >= 0.3 is 0 Å². The zero-order chi connectivity index (χ0) is 17.8. The Balaban J connectivity index is 1.44. The van der Waals surface area contributed by atoms with Gasteiger partial charge in [0.05, 0.1) is 0 Å². The van der Waals surface area contributed by atoms with Crippen molar-refractivity contribution in [2.24, 2.45) is 5.92 Å². The lowest BCUT2D eigenvalue weighted by Gasteiger charge is -2.39. The van der Waals surface area contributed by atoms with Crippen LogP contribution in [0.25, 0.3) is 0 Å². The van der Waals surface area contributed by atoms with Crippen LogP contribution in [0.3, 0.4) is 0 Å². The molecule has 2 aliphatic rings. The van der Waals surface area contributed by atoms with E-state index >= 15 is 0 Å². The van der Waals surface area contributed by atoms with E-state index in [2.05, 4.69) is 29.7 Å². The van der Waals surface area contributed by atoms with Crippen molar-refractivity contribution in [3.05, 3.63) is 29.8 Å². The number of hydrogen-bond acceptors (Lipinski definition) is 4. The lowest BCUT2D eigenvalue weighted by Crippen LogP contribution is -2.53. The standard InChI is InChI=1S/C20H31N3O2/c1-16-6-4-5-7-20(16)25-13-12-21-14-17(2)19(15-21)23-10-8-22(9-11-23)18(3)24/h4-7,17,19H,8-15H2,1-3H3. The highest BCUT2D eigenvalue weighted by atomic mass is 16.5. The summed E-state index contributed by atoms with van der Waals surface area (Å²) >= 11 is 0. The van der Waals surface area contributed by atoms with Gasteiger partial charge in [-0.15, -0.1) is 0 Å². The topological polar surface area (TPSA) is 36.0 Å². The lowest BCUT2D eigenvalue weighted by atomic mass is 10.0. The Kier molecular flexibility index (Phi) is 5.97. The maximum atomic E-state index is 11.5. The van der Waals surface area contributed by atoms with Crippen LogP contribution in [0.15, 0.2) is 24.3 Å². The number of piperazine rings is 1. The quantitative estimate of drug-likeness (QED) is 0.816. The Morgan fingerprint density at radius 3 is 2.56 bits per heavy atom. The van der Waals surface area contributed by atoms with E-state index in [9.17, 15) is 4.79 Å². The third-order valence-electron chi connectivity index (χ3n) is 5.64. The van der Waals surface area contributed by atoms with Gasteiger partial charge in [0.25, 0.3) is 0 Å². The van der Waals surface area contributed by atoms with Crippen LogP contribution in [0.2, 0.25) is 0 Å². The Hall–Kier alpha value is -1.59. The van der Waals surface area contributed by atoms with Crippen molar-refractivity contribution >= 4 is 5.91 Å². The molecule has 0 saturated carbocycles. The molecule has 0 radical (unpaired) electrons. The van der Waals surface area contributed by atoms with Gasteiger partial charge in [-0.1, -0.05) is 25.1 Å². The van der Waals surface area contributed by atoms with Crippen LogP contribution in [0.1, 0.15) is 19.4 Å². The second-order valence-corrected chi connectivity index (χ2v) is 7.46. The van der Waals surface area contributed by atoms with Gasteiger partial charge in [-0.3, -0.25) is 14.6 Å². The molecule has 0 bridgehead atoms. The van der Waals surface area contributed by atoms with Crippen molar-refractivity contribution in [1.82, 2.24) is 14.7 Å². The monoisotopic (exact) mass is 345 g/mol. The van der Waals surface area contributed by atoms with E-state index in [-0.39, 0.29) is 5.91 Å². The number of rotatable bonds is 5. The Morgan fingerprint density at radius 1 is 1.16 bits per heavy atom. The number of para-hydroxylation sites is 1. The van der Waals surface area contributed by atoms with E-state index < -0.39 is 0 Å². The highest BCUT2D eigenvalue weighted by Gasteiger charge is 2.35. The molecule has 2 atom stereocenters. The Labute approximate surface area is 151 Å². The molecule has 1 aromatic rings. The number of amides is 1. The lowest BCUT2D eigenvalue weighted by molar-refractivity contribution is -0.130. The first-order valence-corrected chi connectivity index (χ1v) is 9.45. The van der Waals surface area contributed by atoms with Crippen LogP contribution in [-0.4, -0.2) is 79.1 Å². The largest absolute Gasteiger partial charge is 0.492 e. The second-order valence-electron chi connectivity index (χ2n) is 7.46. The molecule has 5 heteroatoms. The molecule has 0 N–H and O–H groups in total. The molecule has 2 unspecified atom stereocenters. The molecule has 0 aromatic heterocycles. The van der Waals surface area contributed by atoms with E-state index in [4.69, 9.17) is 4.74 Å². The smallest absolute Gasteiger partial charge is 0.219 e. The van der Waals surface area contributed by atoms with Crippen molar-refractivity contribution in [2.75, 3.05) is 52.4 Å². The van der Waals surface area contributed by atoms with Gasteiger partial charge in [0.2, 0.25) is 5.91 Å². The average Bonchev–Trinajstić information content (AvgIpc) is 2.97. The van der Waals surface area contributed by atoms with Gasteiger partial charge in [0.1, 0.15) is 12.4 Å². The molecule has 2 heterocycles. The first kappa shape index (κ1) is 18.2. The highest BCUT2D eigenvalue weighted by Crippen LogP contribution is 2.23. The molecule has 0 aliphatic carbocycles. The van der Waals surface area contributed by atoms with Crippen LogP contribution in [0.5, 0.6) is 5.75 Å². The number of ether oxygens (including phenoxy) is 1. The molecule has 2 fully saturated rings. The Morgan fingerprint density at radius 2 is 1.88 bits per heavy atom. The molecule has 1 amide bonds. The fourth-order valence-electron chi connectivity index (χ4n) is 4.08. The number of likely N-dealkylation sites (tertiary alicyclic amines) is 1. The van der Waals surface area contributed by atoms with E-state index in [0.29, 0.717) is 12.0 Å². The van der Waals surface area contributed by atoms with Crippen LogP contribution in [0, 0.1) is 12.8 Å². The van der Waals surface area contributed by atoms with E-state index in [1.165, 1.54) is 5.56 Å². The number of nitrogens with zero attached hydrogens (tertiary/aromatic N) is 3. The van der Waals surface area contributed by atoms with Crippen molar-refractivity contribution in [1.29, 1.82) is 0 Å². The summed E-state index contributed by atoms with van der Waals surface area (Å²) in [6.07, 6.45) is 0. The van der Waals surface area contributed by atoms with Gasteiger partial charge in [0, 0.05) is 58.8 Å². The number of benzene rings is 1. The van der Waals surface area contributed by atoms with Crippen LogP contribution in [0.4, 0.5) is 0 Å². The predicted octanol–water partition coefficient (Wildman–Crippen LogP) is 1.86. The summed E-state index contributed by atoms with van der Waals surface area (Å²) in [4.78, 5) is 18.5. The van der Waals surface area contributed by atoms with Gasteiger partial charge < -0.3 is 9.64 Å². The zero-order valence-electron chi connectivity index (χ0n) is 15.8. The summed E-state index contributed by atoms with van der Waals surface area (Å²) in [5.74, 6) is 1.86. The number of carbonyl (C=O) groups is 1. The fraction of sp³-hybridized carbons (Fsp3) is 0.650. The summed E-state index contributed by atoms with van der Waals surface area (Å²) < 4.78 is 5.96. The predicted molar refractivity (Wildman–Crippen MR) is 99.9 cm³/mol. The fourth-order valence-corrected chi connectivity index (χ4v) is 4.08. The first-order valence-electron chi connectivity index (χ1n) is 9.45. The maximum absolute atomic E-state index is 11.5. The molecular formula is C20H31N3O2. The minimum Gasteiger partial charge on any atom is -0.492 e. The van der Waals surface area contributed by atoms with Gasteiger partial charge in [-0.05, 0) is 24.5 Å². The van der Waals surface area contributed by atoms with Crippen molar-refractivity contribution in [3.8, 4) is 5.75 Å². The van der Waals surface area contributed by atoms with Crippen LogP contribution < -0.4 is 4.74 Å². The van der Waals surface area contributed by atoms with Crippen LogP contribution >= 0.6 is 0 Å². The third kappa shape index (κ3) is 4.53. The van der Waals surface area contributed by atoms with Gasteiger partial charge in [-0.2, -0.15) is 0 Å². The van der Waals surface area contributed by atoms with E-state index in [1.807, 2.05) is 23.1 Å². The highest BCUT2D eigenvalue weighted by molar-refractivity contribution is 5.73. The summed E-state index contributed by atoms with van der Waals surface area (Å²) in [7, 11) is 0. The molecule has 0 spiro atoms. The van der Waals surface area contributed by atoms with Crippen molar-refractivity contribution in [3.63, 3.8) is 0 Å². The van der Waals surface area contributed by atoms with Crippen LogP contribution in [-0.2, 0) is 4.79 Å². The molecule has 138 valence electrons. The molecule has 3 rings (SSSR count). The number of hydrogen-bond donors (Lipinski definition) is 0. The minimum absolute atomic E-state index is 0.203. The Bertz CT molecular complexity index is 584. The van der Waals surface area contributed by atoms with E-state index in [1.54, 1.807) is 6.92 Å². The van der Waals surface area contributed by atoms with E-state index in [0.717, 1.165) is 58.2 Å². The second kappa shape index (κ2) is 8.19. The maximum Gasteiger partial charge on any atom is 0.219 e. The summed E-state index contributed by atoms with van der Waals surface area (Å²) in [6, 6.07) is 8.80. The third-order valence-corrected chi connectivity index (χ3v) is 5.64. The van der Waals surface area contributed by atoms with Gasteiger partial charge in [-0.25, -0.2) is 0 Å². The minimum atomic E-state index is 0.203. The molecule has 2 aliphatic heterocycles. The molecule has 1 aromatic carbocycles. The van der Waals surface area contributed by atoms with Crippen molar-refractivity contribution in [2.45, 2.75) is 26.8 Å². The number of carbonyl (C=O) groups excluding carboxylic acids is 1. The normalized spacial score (nSPS) is 25.3. The molecule has 5 nitrogen and oxygen atoms in total. The molecular weight excluding hydrogens is 314 g/mol.